The molecule has 0 spiro atoms. The first kappa shape index (κ1) is 27.5. The Balaban J connectivity index is 1.73. The summed E-state index contributed by atoms with van der Waals surface area (Å²) in [7, 11) is 0. The molecule has 0 aliphatic heterocycles. The molecule has 4 rings (SSSR count). The minimum atomic E-state index is -4.95. The van der Waals surface area contributed by atoms with E-state index in [-0.39, 0.29) is 40.9 Å². The quantitative estimate of drug-likeness (QED) is 0.299. The van der Waals surface area contributed by atoms with E-state index >= 15 is 0 Å². The number of nitrogens with zero attached hydrogens (tertiary/aromatic N) is 7. The normalized spacial score (nSPS) is 12.5. The molecule has 0 fully saturated rings. The third kappa shape index (κ3) is 5.79. The number of pyridine rings is 1. The second kappa shape index (κ2) is 11.0. The molecule has 1 N–H and O–H groups in total. The Hall–Kier alpha value is -3.56. The zero-order chi connectivity index (χ0) is 27.6. The zero-order valence-electron chi connectivity index (χ0n) is 19.4. The van der Waals surface area contributed by atoms with Gasteiger partial charge in [-0.15, -0.1) is 10.2 Å². The molecule has 16 heteroatoms. The highest BCUT2D eigenvalue weighted by Gasteiger charge is 2.39. The van der Waals surface area contributed by atoms with Gasteiger partial charge in [0.05, 0.1) is 13.2 Å². The number of aliphatic hydroxyl groups excluding tert-OH is 1. The maximum Gasteiger partial charge on any atom is 0.416 e. The van der Waals surface area contributed by atoms with E-state index in [2.05, 4.69) is 36.1 Å². The van der Waals surface area contributed by atoms with Crippen molar-refractivity contribution in [3.63, 3.8) is 0 Å². The van der Waals surface area contributed by atoms with Gasteiger partial charge in [-0.05, 0) is 59.3 Å². The molecular weight excluding hydrogens is 599 g/mol. The summed E-state index contributed by atoms with van der Waals surface area (Å²) in [6.45, 7) is 0.357. The number of aliphatic hydroxyl groups is 1. The highest BCUT2D eigenvalue weighted by Crippen LogP contribution is 2.24. The number of alkyl halides is 3. The van der Waals surface area contributed by atoms with Crippen molar-refractivity contribution in [2.24, 2.45) is 0 Å². The molecule has 11 nitrogen and oxygen atoms in total. The summed E-state index contributed by atoms with van der Waals surface area (Å²) in [5.74, 6) is -0.760. The summed E-state index contributed by atoms with van der Waals surface area (Å²) >= 11 is 9.15. The molecular formula is C22H18BrClF3N7O4. The van der Waals surface area contributed by atoms with Crippen LogP contribution in [0.4, 0.5) is 13.2 Å². The minimum Gasteiger partial charge on any atom is -0.461 e. The number of rotatable bonds is 8. The van der Waals surface area contributed by atoms with Crippen LogP contribution < -0.4 is 5.69 Å². The third-order valence-electron chi connectivity index (χ3n) is 5.14. The molecule has 4 aromatic rings. The third-order valence-corrected chi connectivity index (χ3v) is 5.91. The van der Waals surface area contributed by atoms with Crippen LogP contribution in [0.5, 0.6) is 0 Å². The van der Waals surface area contributed by atoms with Crippen molar-refractivity contribution in [1.82, 2.24) is 34.1 Å². The second-order valence-electron chi connectivity index (χ2n) is 7.74. The maximum atomic E-state index is 13.1. The summed E-state index contributed by atoms with van der Waals surface area (Å²) in [5, 5.41) is 18.5. The minimum absolute atomic E-state index is 0.0286. The van der Waals surface area contributed by atoms with Crippen LogP contribution in [0.15, 0.2) is 52.1 Å². The van der Waals surface area contributed by atoms with Crippen molar-refractivity contribution in [3.8, 4) is 17.1 Å². The van der Waals surface area contributed by atoms with Gasteiger partial charge in [-0.25, -0.2) is 28.9 Å². The molecule has 0 amide bonds. The van der Waals surface area contributed by atoms with Crippen LogP contribution in [-0.4, -0.2) is 64.1 Å². The van der Waals surface area contributed by atoms with Crippen LogP contribution in [0.3, 0.4) is 0 Å². The number of carbonyl (C=O) groups is 1. The van der Waals surface area contributed by atoms with E-state index < -0.39 is 30.5 Å². The van der Waals surface area contributed by atoms with E-state index in [1.807, 2.05) is 0 Å². The number of halogens is 5. The van der Waals surface area contributed by atoms with Gasteiger partial charge in [-0.1, -0.05) is 11.6 Å². The topological polar surface area (TPSA) is 130 Å². The largest absolute Gasteiger partial charge is 0.461 e. The predicted molar refractivity (Wildman–Crippen MR) is 131 cm³/mol. The molecule has 3 heterocycles. The van der Waals surface area contributed by atoms with Gasteiger partial charge in [-0.3, -0.25) is 4.57 Å². The fraction of sp³-hybridized carbons (Fsp3) is 0.273. The molecule has 1 atom stereocenters. The molecule has 0 radical (unpaired) electrons. The first-order valence-electron chi connectivity index (χ1n) is 10.9. The Kier molecular flexibility index (Phi) is 7.99. The average molecular weight is 617 g/mol. The Morgan fingerprint density at radius 1 is 1.21 bits per heavy atom. The van der Waals surface area contributed by atoms with Gasteiger partial charge in [0.15, 0.2) is 28.2 Å². The van der Waals surface area contributed by atoms with Gasteiger partial charge >= 0.3 is 17.8 Å². The first-order valence-corrected chi connectivity index (χ1v) is 12.1. The van der Waals surface area contributed by atoms with Gasteiger partial charge in [0.25, 0.3) is 0 Å². The van der Waals surface area contributed by atoms with Crippen LogP contribution in [0.1, 0.15) is 23.2 Å². The lowest BCUT2D eigenvalue weighted by Gasteiger charge is -2.15. The van der Waals surface area contributed by atoms with Gasteiger partial charge in [0.1, 0.15) is 12.2 Å². The molecule has 0 saturated carbocycles. The highest BCUT2D eigenvalue weighted by molar-refractivity contribution is 9.10. The molecule has 0 unspecified atom stereocenters. The Morgan fingerprint density at radius 2 is 1.92 bits per heavy atom. The average Bonchev–Trinajstić information content (AvgIpc) is 3.38. The van der Waals surface area contributed by atoms with E-state index in [9.17, 15) is 27.9 Å². The van der Waals surface area contributed by atoms with E-state index in [4.69, 9.17) is 16.3 Å². The Bertz CT molecular complexity index is 1520. The van der Waals surface area contributed by atoms with E-state index in [1.165, 1.54) is 35.1 Å². The summed E-state index contributed by atoms with van der Waals surface area (Å²) in [4.78, 5) is 33.7. The van der Waals surface area contributed by atoms with Crippen molar-refractivity contribution < 1.29 is 27.8 Å². The Morgan fingerprint density at radius 3 is 2.58 bits per heavy atom. The smallest absolute Gasteiger partial charge is 0.416 e. The number of ether oxygens (including phenoxy) is 1. The molecule has 0 aliphatic rings. The van der Waals surface area contributed by atoms with E-state index in [1.54, 1.807) is 19.1 Å². The number of hydrogen-bond donors (Lipinski definition) is 1. The molecule has 3 aromatic heterocycles. The Labute approximate surface area is 225 Å². The van der Waals surface area contributed by atoms with E-state index in [0.717, 1.165) is 4.68 Å². The van der Waals surface area contributed by atoms with Crippen LogP contribution in [0.25, 0.3) is 17.1 Å². The van der Waals surface area contributed by atoms with Crippen LogP contribution in [0, 0.1) is 0 Å². The van der Waals surface area contributed by atoms with Gasteiger partial charge in [-0.2, -0.15) is 13.2 Å². The number of carbonyl (C=O) groups excluding carboxylic acids is 1. The predicted octanol–water partition coefficient (Wildman–Crippen LogP) is 3.25. The molecule has 0 aliphatic carbocycles. The number of benzene rings is 1. The summed E-state index contributed by atoms with van der Waals surface area (Å²) in [6.07, 6.45) is -6.35. The lowest BCUT2D eigenvalue weighted by molar-refractivity contribution is -0.207. The maximum absolute atomic E-state index is 13.1. The lowest BCUT2D eigenvalue weighted by atomic mass is 10.2. The zero-order valence-corrected chi connectivity index (χ0v) is 21.8. The molecule has 0 bridgehead atoms. The van der Waals surface area contributed by atoms with Crippen molar-refractivity contribution >= 4 is 33.5 Å². The number of esters is 1. The van der Waals surface area contributed by atoms with Gasteiger partial charge < -0.3 is 9.84 Å². The molecule has 200 valence electrons. The fourth-order valence-electron chi connectivity index (χ4n) is 3.41. The van der Waals surface area contributed by atoms with Crippen molar-refractivity contribution in [2.75, 3.05) is 6.61 Å². The lowest BCUT2D eigenvalue weighted by Crippen LogP contribution is -2.37. The first-order chi connectivity index (χ1) is 18.0. The van der Waals surface area contributed by atoms with Crippen molar-refractivity contribution in [1.29, 1.82) is 0 Å². The molecule has 0 saturated heterocycles. The second-order valence-corrected chi connectivity index (χ2v) is 8.88. The summed E-state index contributed by atoms with van der Waals surface area (Å²) in [5.41, 5.74) is -0.420. The standard InChI is InChI=1S/C22H18BrClF3N7O4/c1-2-38-19(36)17-14(4-3-9-28-17)34-20(23)29-16(30-34)11-33-21(37)32(10-15(35)22(25,26)27)18(31-33)12-5-7-13(24)8-6-12/h3-9,15,35H,2,10-11H2,1H3/t15-/m1/s1. The monoisotopic (exact) mass is 615 g/mol. The van der Waals surface area contributed by atoms with Crippen LogP contribution >= 0.6 is 27.5 Å². The van der Waals surface area contributed by atoms with Crippen molar-refractivity contribution in [3.05, 3.63) is 74.4 Å². The SMILES string of the molecule is CCOC(=O)c1ncccc1-n1nc(Cn2nc(-c3ccc(Cl)cc3)n(C[C@@H](O)C(F)(F)F)c2=O)nc1Br. The number of aromatic nitrogens is 7. The van der Waals surface area contributed by atoms with Crippen molar-refractivity contribution in [2.45, 2.75) is 32.3 Å². The van der Waals surface area contributed by atoms with Gasteiger partial charge in [0, 0.05) is 16.8 Å². The van der Waals surface area contributed by atoms with Crippen LogP contribution in [-0.2, 0) is 17.8 Å². The fourth-order valence-corrected chi connectivity index (χ4v) is 4.01. The summed E-state index contributed by atoms with van der Waals surface area (Å²) in [6, 6.07) is 9.06. The van der Waals surface area contributed by atoms with Gasteiger partial charge in [0.2, 0.25) is 0 Å². The van der Waals surface area contributed by atoms with E-state index in [0.29, 0.717) is 15.2 Å². The summed E-state index contributed by atoms with van der Waals surface area (Å²) < 4.78 is 47.3. The highest BCUT2D eigenvalue weighted by atomic mass is 79.9. The molecule has 38 heavy (non-hydrogen) atoms. The number of hydrogen-bond acceptors (Lipinski definition) is 8. The van der Waals surface area contributed by atoms with Crippen LogP contribution in [0.2, 0.25) is 5.02 Å². The molecule has 1 aromatic carbocycles.